The maximum absolute atomic E-state index is 14.6. The predicted molar refractivity (Wildman–Crippen MR) is 247 cm³/mol. The second kappa shape index (κ2) is 23.2. The molecule has 0 bridgehead atoms. The smallest absolute Gasteiger partial charge is 0.191 e. The number of aromatic nitrogens is 2. The van der Waals surface area contributed by atoms with Crippen LogP contribution in [0.3, 0.4) is 0 Å². The Morgan fingerprint density at radius 2 is 0.952 bits per heavy atom. The predicted octanol–water partition coefficient (Wildman–Crippen LogP) is 9.61. The van der Waals surface area contributed by atoms with E-state index in [-0.39, 0.29) is 11.6 Å². The Labute approximate surface area is 370 Å². The largest absolute Gasteiger partial charge is 0.370 e. The summed E-state index contributed by atoms with van der Waals surface area (Å²) in [5.41, 5.74) is 18.9. The Bertz CT molecular complexity index is 2370. The van der Waals surface area contributed by atoms with E-state index in [4.69, 9.17) is 20.5 Å². The van der Waals surface area contributed by atoms with Gasteiger partial charge < -0.3 is 30.3 Å². The lowest BCUT2D eigenvalue weighted by atomic mass is 10.0. The van der Waals surface area contributed by atoms with E-state index in [1.807, 2.05) is 97.1 Å². The first-order valence-corrected chi connectivity index (χ1v) is 22.5. The van der Waals surface area contributed by atoms with Crippen molar-refractivity contribution in [3.8, 4) is 22.3 Å². The van der Waals surface area contributed by atoms with Gasteiger partial charge in [0.25, 0.3) is 0 Å². The summed E-state index contributed by atoms with van der Waals surface area (Å²) in [6.07, 6.45) is 12.5. The van der Waals surface area contributed by atoms with Crippen molar-refractivity contribution in [2.75, 3.05) is 39.3 Å². The van der Waals surface area contributed by atoms with E-state index in [1.165, 1.54) is 38.5 Å². The summed E-state index contributed by atoms with van der Waals surface area (Å²) >= 11 is 0. The van der Waals surface area contributed by atoms with E-state index in [2.05, 4.69) is 30.1 Å². The fourth-order valence-corrected chi connectivity index (χ4v) is 8.03. The van der Waals surface area contributed by atoms with Gasteiger partial charge >= 0.3 is 0 Å². The molecule has 330 valence electrons. The van der Waals surface area contributed by atoms with E-state index < -0.39 is 0 Å². The normalized spacial score (nSPS) is 14.7. The average Bonchev–Trinajstić information content (AvgIpc) is 4.00. The number of likely N-dealkylation sites (tertiary alicyclic amines) is 2. The minimum absolute atomic E-state index is 0.195. The maximum Gasteiger partial charge on any atom is 0.191 e. The lowest BCUT2D eigenvalue weighted by Gasteiger charge is -2.27. The number of nitrogens with zero attached hydrogens (tertiary/aromatic N) is 6. The SMILES string of the molecule is NC(=NCCCc1cc(CCc2ccc(-c3ccccc3)c(F)c2)no1)N1CCCCC1.NC(=NCCc1cc(CCc2ccc(-c3ccccc3)c(F)c2)no1)N1CCCCC1. The van der Waals surface area contributed by atoms with Crippen LogP contribution < -0.4 is 11.5 Å². The van der Waals surface area contributed by atoms with Crippen LogP contribution in [0.5, 0.6) is 0 Å². The van der Waals surface area contributed by atoms with E-state index in [0.717, 1.165) is 84.2 Å². The highest BCUT2D eigenvalue weighted by Gasteiger charge is 2.14. The van der Waals surface area contributed by atoms with Gasteiger partial charge in [-0.3, -0.25) is 9.98 Å². The van der Waals surface area contributed by atoms with E-state index in [0.29, 0.717) is 68.2 Å². The molecule has 4 N–H and O–H groups in total. The summed E-state index contributed by atoms with van der Waals surface area (Å²) in [5.74, 6) is 2.55. The third kappa shape index (κ3) is 13.6. The molecule has 12 heteroatoms. The highest BCUT2D eigenvalue weighted by atomic mass is 19.1. The van der Waals surface area contributed by atoms with Gasteiger partial charge in [-0.2, -0.15) is 0 Å². The van der Waals surface area contributed by atoms with Crippen molar-refractivity contribution in [2.24, 2.45) is 21.5 Å². The topological polar surface area (TPSA) is 135 Å². The Hall–Kier alpha value is -6.30. The Balaban J connectivity index is 0.000000189. The monoisotopic (exact) mass is 854 g/mol. The van der Waals surface area contributed by atoms with Crippen LogP contribution in [0.15, 0.2) is 128 Å². The van der Waals surface area contributed by atoms with Gasteiger partial charge in [-0.1, -0.05) is 95.2 Å². The van der Waals surface area contributed by atoms with Crippen LogP contribution in [0.25, 0.3) is 22.3 Å². The first-order valence-electron chi connectivity index (χ1n) is 22.5. The highest BCUT2D eigenvalue weighted by Crippen LogP contribution is 2.25. The van der Waals surface area contributed by atoms with Crippen molar-refractivity contribution >= 4 is 11.9 Å². The van der Waals surface area contributed by atoms with E-state index >= 15 is 0 Å². The number of guanidine groups is 2. The van der Waals surface area contributed by atoms with Crippen molar-refractivity contribution in [2.45, 2.75) is 83.5 Å². The van der Waals surface area contributed by atoms with Crippen LogP contribution in [0, 0.1) is 11.6 Å². The van der Waals surface area contributed by atoms with E-state index in [9.17, 15) is 8.78 Å². The maximum atomic E-state index is 14.6. The number of aryl methyl sites for hydroxylation is 5. The van der Waals surface area contributed by atoms with Crippen LogP contribution in [-0.2, 0) is 38.5 Å². The summed E-state index contributed by atoms with van der Waals surface area (Å²) in [6, 6.07) is 34.0. The third-order valence-electron chi connectivity index (χ3n) is 11.6. The van der Waals surface area contributed by atoms with Crippen LogP contribution in [0.1, 0.15) is 79.0 Å². The highest BCUT2D eigenvalue weighted by molar-refractivity contribution is 5.78. The molecule has 2 saturated heterocycles. The van der Waals surface area contributed by atoms with Gasteiger partial charge in [0, 0.05) is 75.4 Å². The number of aliphatic imine (C=N–C) groups is 2. The van der Waals surface area contributed by atoms with Gasteiger partial charge in [-0.25, -0.2) is 8.78 Å². The average molecular weight is 855 g/mol. The van der Waals surface area contributed by atoms with Crippen LogP contribution >= 0.6 is 0 Å². The van der Waals surface area contributed by atoms with Gasteiger partial charge in [-0.05, 0) is 105 Å². The molecule has 6 aromatic rings. The lowest BCUT2D eigenvalue weighted by Crippen LogP contribution is -2.41. The summed E-state index contributed by atoms with van der Waals surface area (Å²) in [7, 11) is 0. The number of halogens is 2. The van der Waals surface area contributed by atoms with Crippen molar-refractivity contribution in [3.05, 3.63) is 155 Å². The molecule has 10 nitrogen and oxygen atoms in total. The minimum atomic E-state index is -0.200. The van der Waals surface area contributed by atoms with Gasteiger partial charge in [-0.15, -0.1) is 0 Å². The molecule has 0 radical (unpaired) electrons. The number of piperidine rings is 2. The van der Waals surface area contributed by atoms with Gasteiger partial charge in [0.05, 0.1) is 11.4 Å². The summed E-state index contributed by atoms with van der Waals surface area (Å²) < 4.78 is 40.0. The fourth-order valence-electron chi connectivity index (χ4n) is 8.03. The number of hydrogen-bond donors (Lipinski definition) is 2. The third-order valence-corrected chi connectivity index (χ3v) is 11.6. The molecule has 4 aromatic carbocycles. The zero-order chi connectivity index (χ0) is 43.6. The Morgan fingerprint density at radius 1 is 0.508 bits per heavy atom. The number of rotatable bonds is 15. The molecular formula is C51H60F2N8O2. The minimum Gasteiger partial charge on any atom is -0.370 e. The van der Waals surface area contributed by atoms with Crippen molar-refractivity contribution in [1.29, 1.82) is 0 Å². The number of hydrogen-bond acceptors (Lipinski definition) is 6. The van der Waals surface area contributed by atoms with Crippen LogP contribution in [-0.4, -0.2) is 71.3 Å². The van der Waals surface area contributed by atoms with Crippen LogP contribution in [0.2, 0.25) is 0 Å². The van der Waals surface area contributed by atoms with Gasteiger partial charge in [0.15, 0.2) is 11.9 Å². The van der Waals surface area contributed by atoms with Crippen LogP contribution in [0.4, 0.5) is 8.78 Å². The molecule has 0 amide bonds. The summed E-state index contributed by atoms with van der Waals surface area (Å²) in [4.78, 5) is 13.3. The van der Waals surface area contributed by atoms with Crippen molar-refractivity contribution in [3.63, 3.8) is 0 Å². The molecule has 0 atom stereocenters. The first-order chi connectivity index (χ1) is 30.9. The summed E-state index contributed by atoms with van der Waals surface area (Å²) in [5, 5.41) is 8.32. The second-order valence-corrected chi connectivity index (χ2v) is 16.4. The fraction of sp³-hybridized carbons (Fsp3) is 0.373. The molecule has 2 aromatic heterocycles. The molecule has 2 aliphatic rings. The van der Waals surface area contributed by atoms with Crippen molar-refractivity contribution < 1.29 is 17.8 Å². The molecule has 2 aliphatic heterocycles. The first kappa shape index (κ1) is 44.7. The zero-order valence-electron chi connectivity index (χ0n) is 36.2. The van der Waals surface area contributed by atoms with Gasteiger partial charge in [0.2, 0.25) is 0 Å². The zero-order valence-corrected chi connectivity index (χ0v) is 36.2. The number of nitrogens with two attached hydrogens (primary N) is 2. The Morgan fingerprint density at radius 3 is 1.41 bits per heavy atom. The molecule has 8 rings (SSSR count). The Kier molecular flexibility index (Phi) is 16.5. The van der Waals surface area contributed by atoms with Crippen molar-refractivity contribution in [1.82, 2.24) is 20.1 Å². The molecular weight excluding hydrogens is 795 g/mol. The molecule has 0 saturated carbocycles. The number of benzene rings is 4. The van der Waals surface area contributed by atoms with Gasteiger partial charge in [0.1, 0.15) is 23.2 Å². The molecule has 0 unspecified atom stereocenters. The molecule has 2 fully saturated rings. The molecule has 0 aliphatic carbocycles. The quantitative estimate of drug-likeness (QED) is 0.0593. The molecule has 0 spiro atoms. The second-order valence-electron chi connectivity index (χ2n) is 16.4. The summed E-state index contributed by atoms with van der Waals surface area (Å²) in [6.45, 7) is 5.29. The van der Waals surface area contributed by atoms with E-state index in [1.54, 1.807) is 12.1 Å². The lowest BCUT2D eigenvalue weighted by molar-refractivity contribution is 0.337. The standard InChI is InChI=1S/C26H31FN4O.C25H29FN4O/c27-25-18-20(12-14-24(25)21-8-3-1-4-9-21)11-13-22-19-23(32-30-22)10-7-15-29-26(28)31-16-5-2-6-17-31;26-24-17-19(10-12-23(24)20-7-3-1-4-8-20)9-11-21-18-22(31-29-21)13-14-28-25(27)30-15-5-2-6-16-30/h1,3-4,8-9,12,14,18-19H,2,5-7,10-11,13,15-17H2,(H2,28,29);1,3-4,7-8,10,12,17-18H,2,5-6,9,11,13-16H2,(H2,27,28). The molecule has 4 heterocycles. The molecule has 63 heavy (non-hydrogen) atoms.